The molecule has 4 rings (SSSR count). The second-order valence-corrected chi connectivity index (χ2v) is 7.43. The Morgan fingerprint density at radius 3 is 2.92 bits per heavy atom. The van der Waals surface area contributed by atoms with Crippen LogP contribution in [0.3, 0.4) is 0 Å². The molecular weight excluding hydrogens is 306 g/mol. The van der Waals surface area contributed by atoms with E-state index in [9.17, 15) is 14.7 Å². The number of phenolic OH excluding ortho intramolecular Hbond substituents is 1. The van der Waals surface area contributed by atoms with Gasteiger partial charge in [0.15, 0.2) is 11.5 Å². The van der Waals surface area contributed by atoms with E-state index in [0.717, 1.165) is 30.4 Å². The van der Waals surface area contributed by atoms with Crippen LogP contribution >= 0.6 is 0 Å². The van der Waals surface area contributed by atoms with Crippen molar-refractivity contribution in [1.29, 1.82) is 0 Å². The van der Waals surface area contributed by atoms with E-state index in [-0.39, 0.29) is 23.1 Å². The molecule has 2 bridgehead atoms. The topological polar surface area (TPSA) is 66.8 Å². The number of benzene rings is 1. The van der Waals surface area contributed by atoms with Crippen molar-refractivity contribution in [2.75, 3.05) is 13.7 Å². The highest BCUT2D eigenvalue weighted by Crippen LogP contribution is 2.56. The number of ketones is 1. The highest BCUT2D eigenvalue weighted by molar-refractivity contribution is 5.82. The fraction of sp³-hybridized carbons (Fsp3) is 0.579. The van der Waals surface area contributed by atoms with Crippen molar-refractivity contribution in [2.24, 2.45) is 5.92 Å². The summed E-state index contributed by atoms with van der Waals surface area (Å²) in [5.74, 6) is 1.32. The molecule has 1 saturated heterocycles. The van der Waals surface area contributed by atoms with E-state index in [1.807, 2.05) is 11.0 Å². The van der Waals surface area contributed by atoms with Gasteiger partial charge in [-0.05, 0) is 48.4 Å². The van der Waals surface area contributed by atoms with E-state index in [4.69, 9.17) is 4.74 Å². The van der Waals surface area contributed by atoms with E-state index in [0.29, 0.717) is 36.8 Å². The minimum atomic E-state index is -0.208. The third-order valence-electron chi connectivity index (χ3n) is 6.39. The van der Waals surface area contributed by atoms with Gasteiger partial charge in [0, 0.05) is 37.8 Å². The molecule has 1 amide bonds. The molecule has 0 unspecified atom stereocenters. The van der Waals surface area contributed by atoms with Crippen molar-refractivity contribution >= 4 is 11.7 Å². The molecule has 1 aromatic carbocycles. The predicted molar refractivity (Wildman–Crippen MR) is 88.2 cm³/mol. The number of rotatable bonds is 1. The molecular formula is C19H23NO4. The molecule has 2 fully saturated rings. The maximum atomic E-state index is 12.3. The van der Waals surface area contributed by atoms with Crippen LogP contribution in [-0.2, 0) is 21.4 Å². The number of methoxy groups -OCH3 is 1. The summed E-state index contributed by atoms with van der Waals surface area (Å²) in [4.78, 5) is 26.4. The molecule has 3 aliphatic rings. The summed E-state index contributed by atoms with van der Waals surface area (Å²) in [5, 5.41) is 10.2. The zero-order chi connectivity index (χ0) is 17.1. The first-order valence-corrected chi connectivity index (χ1v) is 8.65. The first-order valence-electron chi connectivity index (χ1n) is 8.65. The first kappa shape index (κ1) is 15.5. The van der Waals surface area contributed by atoms with Crippen molar-refractivity contribution < 1.29 is 19.4 Å². The van der Waals surface area contributed by atoms with E-state index >= 15 is 0 Å². The average Bonchev–Trinajstić information content (AvgIpc) is 2.53. The summed E-state index contributed by atoms with van der Waals surface area (Å²) >= 11 is 0. The van der Waals surface area contributed by atoms with Crippen LogP contribution in [0.4, 0.5) is 0 Å². The second-order valence-electron chi connectivity index (χ2n) is 7.43. The van der Waals surface area contributed by atoms with Crippen molar-refractivity contribution in [3.63, 3.8) is 0 Å². The monoisotopic (exact) mass is 329 g/mol. The number of piperidine rings is 1. The molecule has 1 aliphatic heterocycles. The average molecular weight is 329 g/mol. The standard InChI is InChI=1S/C19H23NO4/c1-11(21)20-6-5-19-10-13(22)3-4-14(19)16(20)7-12-8-17(23)18(24-2)9-15(12)19/h8-9,14,16,23H,3-7,10H2,1-2H3/t14-,16+,19-/m0/s1. The largest absolute Gasteiger partial charge is 0.504 e. The molecule has 0 aromatic heterocycles. The van der Waals surface area contributed by atoms with Gasteiger partial charge in [0.05, 0.1) is 7.11 Å². The lowest BCUT2D eigenvalue weighted by Gasteiger charge is -2.58. The van der Waals surface area contributed by atoms with Crippen LogP contribution in [0.25, 0.3) is 0 Å². The molecule has 5 heteroatoms. The Hall–Kier alpha value is -2.04. The smallest absolute Gasteiger partial charge is 0.219 e. The summed E-state index contributed by atoms with van der Waals surface area (Å²) in [7, 11) is 1.55. The van der Waals surface area contributed by atoms with E-state index in [1.165, 1.54) is 0 Å². The maximum Gasteiger partial charge on any atom is 0.219 e. The summed E-state index contributed by atoms with van der Waals surface area (Å²) in [6.07, 6.45) is 3.55. The molecule has 1 N–H and O–H groups in total. The zero-order valence-electron chi connectivity index (χ0n) is 14.2. The Kier molecular flexibility index (Phi) is 3.37. The molecule has 24 heavy (non-hydrogen) atoms. The number of nitrogens with zero attached hydrogens (tertiary/aromatic N) is 1. The van der Waals surface area contributed by atoms with E-state index < -0.39 is 0 Å². The Labute approximate surface area is 141 Å². The van der Waals surface area contributed by atoms with Crippen LogP contribution in [0.5, 0.6) is 11.5 Å². The van der Waals surface area contributed by atoms with Crippen LogP contribution in [0.2, 0.25) is 0 Å². The number of carbonyl (C=O) groups is 2. The number of phenols is 1. The fourth-order valence-corrected chi connectivity index (χ4v) is 5.41. The van der Waals surface area contributed by atoms with Gasteiger partial charge in [-0.25, -0.2) is 0 Å². The van der Waals surface area contributed by atoms with Crippen LogP contribution in [0, 0.1) is 5.92 Å². The van der Waals surface area contributed by atoms with Gasteiger partial charge in [-0.1, -0.05) is 0 Å². The van der Waals surface area contributed by atoms with Crippen molar-refractivity contribution in [2.45, 2.75) is 50.5 Å². The SMILES string of the molecule is COc1cc2c(cc1O)C[C@@H]1[C@@H]3CCC(=O)C[C@]23CCN1C(C)=O. The van der Waals surface area contributed by atoms with Gasteiger partial charge in [0.1, 0.15) is 5.78 Å². The third-order valence-corrected chi connectivity index (χ3v) is 6.39. The molecule has 1 heterocycles. The number of aromatic hydroxyl groups is 1. The van der Waals surface area contributed by atoms with Gasteiger partial charge in [-0.15, -0.1) is 0 Å². The molecule has 128 valence electrons. The van der Waals surface area contributed by atoms with Crippen LogP contribution in [0.15, 0.2) is 12.1 Å². The molecule has 2 aliphatic carbocycles. The van der Waals surface area contributed by atoms with E-state index in [1.54, 1.807) is 20.1 Å². The molecule has 3 atom stereocenters. The minimum absolute atomic E-state index is 0.103. The quantitative estimate of drug-likeness (QED) is 0.857. The lowest BCUT2D eigenvalue weighted by Crippen LogP contribution is -2.62. The minimum Gasteiger partial charge on any atom is -0.504 e. The Balaban J connectivity index is 1.90. The zero-order valence-corrected chi connectivity index (χ0v) is 14.2. The number of Topliss-reactive ketones (excluding diaryl/α,β-unsaturated/α-hetero) is 1. The normalized spacial score (nSPS) is 31.2. The molecule has 5 nitrogen and oxygen atoms in total. The predicted octanol–water partition coefficient (Wildman–Crippen LogP) is 2.18. The van der Waals surface area contributed by atoms with Crippen LogP contribution in [-0.4, -0.2) is 41.4 Å². The van der Waals surface area contributed by atoms with Gasteiger partial charge in [-0.2, -0.15) is 0 Å². The summed E-state index contributed by atoms with van der Waals surface area (Å²) < 4.78 is 5.31. The summed E-state index contributed by atoms with van der Waals surface area (Å²) in [6.45, 7) is 2.33. The molecule has 0 radical (unpaired) electrons. The maximum absolute atomic E-state index is 12.3. The highest BCUT2D eigenvalue weighted by atomic mass is 16.5. The number of carbonyl (C=O) groups excluding carboxylic acids is 2. The summed E-state index contributed by atoms with van der Waals surface area (Å²) in [5.41, 5.74) is 1.99. The van der Waals surface area contributed by atoms with Crippen LogP contribution in [0.1, 0.15) is 43.7 Å². The van der Waals surface area contributed by atoms with E-state index in [2.05, 4.69) is 0 Å². The summed E-state index contributed by atoms with van der Waals surface area (Å²) in [6, 6.07) is 3.82. The third kappa shape index (κ3) is 2.00. The lowest BCUT2D eigenvalue weighted by atomic mass is 9.52. The lowest BCUT2D eigenvalue weighted by molar-refractivity contribution is -0.140. The van der Waals surface area contributed by atoms with Crippen molar-refractivity contribution in [1.82, 2.24) is 4.90 Å². The van der Waals surface area contributed by atoms with Gasteiger partial charge in [-0.3, -0.25) is 9.59 Å². The van der Waals surface area contributed by atoms with Gasteiger partial charge in [0.2, 0.25) is 5.91 Å². The first-order chi connectivity index (χ1) is 11.5. The van der Waals surface area contributed by atoms with Crippen molar-refractivity contribution in [3.05, 3.63) is 23.3 Å². The van der Waals surface area contributed by atoms with Gasteiger partial charge < -0.3 is 14.7 Å². The molecule has 1 saturated carbocycles. The highest BCUT2D eigenvalue weighted by Gasteiger charge is 2.56. The Bertz CT molecular complexity index is 728. The number of hydrogen-bond acceptors (Lipinski definition) is 4. The fourth-order valence-electron chi connectivity index (χ4n) is 5.41. The molecule has 1 aromatic rings. The number of hydrogen-bond donors (Lipinski definition) is 1. The van der Waals surface area contributed by atoms with Gasteiger partial charge >= 0.3 is 0 Å². The number of likely N-dealkylation sites (tertiary alicyclic amines) is 1. The Morgan fingerprint density at radius 2 is 2.21 bits per heavy atom. The van der Waals surface area contributed by atoms with Crippen molar-refractivity contribution in [3.8, 4) is 11.5 Å². The van der Waals surface area contributed by atoms with Crippen LogP contribution < -0.4 is 4.74 Å². The number of ether oxygens (including phenoxy) is 1. The second kappa shape index (κ2) is 5.23. The van der Waals surface area contributed by atoms with Gasteiger partial charge in [0.25, 0.3) is 0 Å². The number of amides is 1. The Morgan fingerprint density at radius 1 is 1.42 bits per heavy atom. The molecule has 0 spiro atoms. The number of fused-ring (bicyclic) bond motifs is 1.